The molecule has 0 saturated carbocycles. The summed E-state index contributed by atoms with van der Waals surface area (Å²) in [5, 5.41) is 2.82. The highest BCUT2D eigenvalue weighted by Gasteiger charge is 2.13. The van der Waals surface area contributed by atoms with Gasteiger partial charge in [0.1, 0.15) is 0 Å². The van der Waals surface area contributed by atoms with Gasteiger partial charge in [-0.05, 0) is 14.0 Å². The second kappa shape index (κ2) is 7.84. The van der Waals surface area contributed by atoms with Crippen LogP contribution in [0.4, 0.5) is 0 Å². The van der Waals surface area contributed by atoms with Crippen LogP contribution in [-0.2, 0) is 4.79 Å². The Morgan fingerprint density at radius 3 is 2.44 bits per heavy atom. The Balaban J connectivity index is 0.00000225. The van der Waals surface area contributed by atoms with Crippen LogP contribution in [0.1, 0.15) is 6.92 Å². The van der Waals surface area contributed by atoms with Gasteiger partial charge in [0.2, 0.25) is 5.91 Å². The fourth-order valence-corrected chi connectivity index (χ4v) is 1.57. The van der Waals surface area contributed by atoms with E-state index in [4.69, 9.17) is 5.73 Å². The molecule has 0 bridgehead atoms. The summed E-state index contributed by atoms with van der Waals surface area (Å²) in [5.74, 6) is -0.0656. The van der Waals surface area contributed by atoms with E-state index in [9.17, 15) is 4.79 Å². The highest BCUT2D eigenvalue weighted by molar-refractivity contribution is 5.85. The molecule has 1 saturated heterocycles. The maximum absolute atomic E-state index is 11.2. The average Bonchev–Trinajstić information content (AvgIpc) is 2.20. The molecule has 1 heterocycles. The van der Waals surface area contributed by atoms with E-state index >= 15 is 0 Å². The molecule has 1 fully saturated rings. The summed E-state index contributed by atoms with van der Waals surface area (Å²) in [7, 11) is 2.13. The summed E-state index contributed by atoms with van der Waals surface area (Å²) in [6, 6.07) is -0.405. The number of likely N-dealkylation sites (N-methyl/N-ethyl adjacent to an activating group) is 1. The third-order valence-corrected chi connectivity index (χ3v) is 2.74. The lowest BCUT2D eigenvalue weighted by Gasteiger charge is -2.32. The first-order chi connectivity index (χ1) is 7.09. The number of hydrogen-bond acceptors (Lipinski definition) is 4. The molecule has 16 heavy (non-hydrogen) atoms. The van der Waals surface area contributed by atoms with Crippen LogP contribution >= 0.6 is 12.4 Å². The van der Waals surface area contributed by atoms with Crippen LogP contribution in [0.2, 0.25) is 0 Å². The number of nitrogens with one attached hydrogen (secondary N) is 1. The number of carbonyl (C=O) groups is 1. The molecule has 1 amide bonds. The Morgan fingerprint density at radius 2 is 1.94 bits per heavy atom. The summed E-state index contributed by atoms with van der Waals surface area (Å²) in [6.45, 7) is 7.72. The summed E-state index contributed by atoms with van der Waals surface area (Å²) >= 11 is 0. The van der Waals surface area contributed by atoms with Crippen LogP contribution in [0.5, 0.6) is 0 Å². The Morgan fingerprint density at radius 1 is 1.38 bits per heavy atom. The number of nitrogens with two attached hydrogens (primary N) is 1. The van der Waals surface area contributed by atoms with Gasteiger partial charge in [-0.15, -0.1) is 12.4 Å². The van der Waals surface area contributed by atoms with Gasteiger partial charge >= 0.3 is 0 Å². The molecule has 0 aromatic rings. The van der Waals surface area contributed by atoms with Crippen molar-refractivity contribution >= 4 is 18.3 Å². The molecule has 1 atom stereocenters. The van der Waals surface area contributed by atoms with E-state index in [1.54, 1.807) is 6.92 Å². The lowest BCUT2D eigenvalue weighted by Crippen LogP contribution is -2.48. The van der Waals surface area contributed by atoms with Crippen molar-refractivity contribution in [1.29, 1.82) is 0 Å². The van der Waals surface area contributed by atoms with Crippen molar-refractivity contribution in [3.8, 4) is 0 Å². The molecule has 1 rings (SSSR count). The van der Waals surface area contributed by atoms with E-state index in [1.807, 2.05) is 0 Å². The first kappa shape index (κ1) is 15.6. The minimum Gasteiger partial charge on any atom is -0.353 e. The number of halogens is 1. The summed E-state index contributed by atoms with van der Waals surface area (Å²) in [5.41, 5.74) is 5.44. The van der Waals surface area contributed by atoms with Crippen LogP contribution in [-0.4, -0.2) is 68.1 Å². The molecule has 0 aromatic heterocycles. The second-order valence-electron chi connectivity index (χ2n) is 4.22. The van der Waals surface area contributed by atoms with Gasteiger partial charge in [0.25, 0.3) is 0 Å². The van der Waals surface area contributed by atoms with Gasteiger partial charge in [-0.1, -0.05) is 0 Å². The first-order valence-electron chi connectivity index (χ1n) is 5.54. The Kier molecular flexibility index (Phi) is 7.66. The van der Waals surface area contributed by atoms with Gasteiger partial charge in [0, 0.05) is 39.3 Å². The highest BCUT2D eigenvalue weighted by Crippen LogP contribution is 1.97. The van der Waals surface area contributed by atoms with Gasteiger partial charge in [-0.2, -0.15) is 0 Å². The van der Waals surface area contributed by atoms with Crippen LogP contribution in [0.3, 0.4) is 0 Å². The normalized spacial score (nSPS) is 19.9. The third kappa shape index (κ3) is 5.65. The van der Waals surface area contributed by atoms with Gasteiger partial charge in [0.15, 0.2) is 0 Å². The maximum Gasteiger partial charge on any atom is 0.236 e. The second-order valence-corrected chi connectivity index (χ2v) is 4.22. The molecule has 1 aliphatic heterocycles. The van der Waals surface area contributed by atoms with E-state index in [0.717, 1.165) is 32.7 Å². The minimum absolute atomic E-state index is 0. The summed E-state index contributed by atoms with van der Waals surface area (Å²) in [4.78, 5) is 15.9. The number of hydrogen-bond donors (Lipinski definition) is 2. The zero-order chi connectivity index (χ0) is 11.3. The molecule has 0 unspecified atom stereocenters. The molecule has 3 N–H and O–H groups in total. The predicted molar refractivity (Wildman–Crippen MR) is 67.8 cm³/mol. The first-order valence-corrected chi connectivity index (χ1v) is 5.54. The summed E-state index contributed by atoms with van der Waals surface area (Å²) < 4.78 is 0. The Labute approximate surface area is 104 Å². The van der Waals surface area contributed by atoms with Crippen molar-refractivity contribution in [1.82, 2.24) is 15.1 Å². The van der Waals surface area contributed by atoms with E-state index < -0.39 is 6.04 Å². The third-order valence-electron chi connectivity index (χ3n) is 2.74. The van der Waals surface area contributed by atoms with Crippen molar-refractivity contribution in [3.63, 3.8) is 0 Å². The fourth-order valence-electron chi connectivity index (χ4n) is 1.57. The molecular formula is C10H23ClN4O. The SMILES string of the molecule is C[C@@H](N)C(=O)NCCN1CCN(C)CC1.Cl. The molecule has 6 heteroatoms. The van der Waals surface area contributed by atoms with Crippen LogP contribution in [0.15, 0.2) is 0 Å². The largest absolute Gasteiger partial charge is 0.353 e. The van der Waals surface area contributed by atoms with E-state index in [1.165, 1.54) is 0 Å². The van der Waals surface area contributed by atoms with E-state index in [-0.39, 0.29) is 18.3 Å². The minimum atomic E-state index is -0.405. The Bertz CT molecular complexity index is 205. The van der Waals surface area contributed by atoms with Crippen molar-refractivity contribution < 1.29 is 4.79 Å². The molecule has 0 spiro atoms. The van der Waals surface area contributed by atoms with Crippen LogP contribution < -0.4 is 11.1 Å². The average molecular weight is 251 g/mol. The standard InChI is InChI=1S/C10H22N4O.ClH/c1-9(11)10(15)12-3-4-14-7-5-13(2)6-8-14;/h9H,3-8,11H2,1-2H3,(H,12,15);1H/t9-;/m1./s1. The number of rotatable bonds is 4. The topological polar surface area (TPSA) is 61.6 Å². The molecule has 0 radical (unpaired) electrons. The molecule has 1 aliphatic rings. The molecule has 0 aliphatic carbocycles. The van der Waals surface area contributed by atoms with E-state index in [0.29, 0.717) is 6.54 Å². The highest BCUT2D eigenvalue weighted by atomic mass is 35.5. The summed E-state index contributed by atoms with van der Waals surface area (Å²) in [6.07, 6.45) is 0. The van der Waals surface area contributed by atoms with E-state index in [2.05, 4.69) is 22.2 Å². The Hall–Kier alpha value is -0.360. The van der Waals surface area contributed by atoms with Crippen molar-refractivity contribution in [2.24, 2.45) is 5.73 Å². The van der Waals surface area contributed by atoms with Gasteiger partial charge in [0.05, 0.1) is 6.04 Å². The predicted octanol–water partition coefficient (Wildman–Crippen LogP) is -0.881. The lowest BCUT2D eigenvalue weighted by molar-refractivity contribution is -0.122. The fraction of sp³-hybridized carbons (Fsp3) is 0.900. The zero-order valence-corrected chi connectivity index (χ0v) is 10.9. The molecule has 5 nitrogen and oxygen atoms in total. The van der Waals surface area contributed by atoms with Crippen LogP contribution in [0.25, 0.3) is 0 Å². The lowest BCUT2D eigenvalue weighted by atomic mass is 10.3. The number of nitrogens with zero attached hydrogens (tertiary/aromatic N) is 2. The van der Waals surface area contributed by atoms with Crippen molar-refractivity contribution in [3.05, 3.63) is 0 Å². The van der Waals surface area contributed by atoms with Crippen molar-refractivity contribution in [2.75, 3.05) is 46.3 Å². The zero-order valence-electron chi connectivity index (χ0n) is 10.1. The maximum atomic E-state index is 11.2. The van der Waals surface area contributed by atoms with Gasteiger partial charge in [-0.3, -0.25) is 9.69 Å². The smallest absolute Gasteiger partial charge is 0.236 e. The quantitative estimate of drug-likeness (QED) is 0.680. The number of amides is 1. The van der Waals surface area contributed by atoms with Gasteiger partial charge in [-0.25, -0.2) is 0 Å². The monoisotopic (exact) mass is 250 g/mol. The van der Waals surface area contributed by atoms with Crippen LogP contribution in [0, 0.1) is 0 Å². The molecule has 0 aromatic carbocycles. The number of carbonyl (C=O) groups excluding carboxylic acids is 1. The molecule has 96 valence electrons. The van der Waals surface area contributed by atoms with Gasteiger partial charge < -0.3 is 16.0 Å². The molecular weight excluding hydrogens is 228 g/mol. The number of piperazine rings is 1. The van der Waals surface area contributed by atoms with Crippen molar-refractivity contribution in [2.45, 2.75) is 13.0 Å².